The summed E-state index contributed by atoms with van der Waals surface area (Å²) in [5.41, 5.74) is -0.438. The van der Waals surface area contributed by atoms with Crippen molar-refractivity contribution in [1.82, 2.24) is 5.32 Å². The Morgan fingerprint density at radius 2 is 2.11 bits per heavy atom. The number of hydrogen-bond acceptors (Lipinski definition) is 4. The molecule has 1 aromatic carbocycles. The predicted molar refractivity (Wildman–Crippen MR) is 62.7 cm³/mol. The Labute approximate surface area is 107 Å². The second kappa shape index (κ2) is 5.46. The van der Waals surface area contributed by atoms with Gasteiger partial charge in [-0.1, -0.05) is 11.6 Å². The molecule has 0 aliphatic carbocycles. The van der Waals surface area contributed by atoms with Crippen molar-refractivity contribution in [3.8, 4) is 0 Å². The number of aliphatic carboxylic acids is 1. The molecule has 0 unspecified atom stereocenters. The smallest absolute Gasteiger partial charge is 0.325 e. The number of nitrogens with one attached hydrogen (secondary N) is 1. The first-order valence-corrected chi connectivity index (χ1v) is 5.18. The van der Waals surface area contributed by atoms with Gasteiger partial charge in [-0.25, -0.2) is 0 Å². The number of carboxylic acids is 1. The zero-order valence-electron chi connectivity index (χ0n) is 9.21. The molecule has 0 spiro atoms. The summed E-state index contributed by atoms with van der Waals surface area (Å²) >= 11 is 5.58. The molecule has 1 amide bonds. The molecule has 96 valence electrons. The first-order valence-electron chi connectivity index (χ1n) is 4.80. The van der Waals surface area contributed by atoms with Gasteiger partial charge in [-0.3, -0.25) is 19.7 Å². The van der Waals surface area contributed by atoms with Crippen LogP contribution in [0.2, 0.25) is 5.02 Å². The number of carbonyl (C=O) groups is 2. The summed E-state index contributed by atoms with van der Waals surface area (Å²) in [6.07, 6.45) is 0. The molecule has 0 aliphatic rings. The molecule has 1 atom stereocenters. The quantitative estimate of drug-likeness (QED) is 0.637. The van der Waals surface area contributed by atoms with Gasteiger partial charge < -0.3 is 10.4 Å². The van der Waals surface area contributed by atoms with Crippen LogP contribution in [0.4, 0.5) is 5.69 Å². The number of halogens is 1. The third-order valence-electron chi connectivity index (χ3n) is 2.12. The van der Waals surface area contributed by atoms with Crippen molar-refractivity contribution in [2.24, 2.45) is 0 Å². The van der Waals surface area contributed by atoms with Gasteiger partial charge >= 0.3 is 5.97 Å². The fourth-order valence-corrected chi connectivity index (χ4v) is 1.32. The molecule has 0 heterocycles. The van der Waals surface area contributed by atoms with E-state index >= 15 is 0 Å². The van der Waals surface area contributed by atoms with Crippen molar-refractivity contribution in [3.05, 3.63) is 38.9 Å². The van der Waals surface area contributed by atoms with E-state index in [1.165, 1.54) is 19.1 Å². The van der Waals surface area contributed by atoms with E-state index in [0.717, 1.165) is 6.07 Å². The molecule has 7 nitrogen and oxygen atoms in total. The summed E-state index contributed by atoms with van der Waals surface area (Å²) in [5, 5.41) is 21.3. The van der Waals surface area contributed by atoms with Crippen LogP contribution in [0.25, 0.3) is 0 Å². The Morgan fingerprint density at radius 1 is 1.50 bits per heavy atom. The first kappa shape index (κ1) is 13.9. The summed E-state index contributed by atoms with van der Waals surface area (Å²) in [4.78, 5) is 32.1. The molecular weight excluding hydrogens is 264 g/mol. The standard InChI is InChI=1S/C10H9ClN2O5/c1-5(10(15)16)12-9(14)6-2-3-7(11)8(4-6)13(17)18/h2-5H,1H3,(H,12,14)(H,15,16)/t5-/m1/s1. The van der Waals surface area contributed by atoms with E-state index < -0.39 is 28.5 Å². The van der Waals surface area contributed by atoms with Crippen molar-refractivity contribution in [3.63, 3.8) is 0 Å². The van der Waals surface area contributed by atoms with Gasteiger partial charge in [-0.2, -0.15) is 0 Å². The van der Waals surface area contributed by atoms with Gasteiger partial charge in [0.25, 0.3) is 11.6 Å². The average molecular weight is 273 g/mol. The summed E-state index contributed by atoms with van der Waals surface area (Å²) < 4.78 is 0. The SMILES string of the molecule is C[C@@H](NC(=O)c1ccc(Cl)c([N+](=O)[O-])c1)C(=O)O. The zero-order valence-corrected chi connectivity index (χ0v) is 9.97. The van der Waals surface area contributed by atoms with Gasteiger partial charge in [0.15, 0.2) is 0 Å². The van der Waals surface area contributed by atoms with Gasteiger partial charge in [0, 0.05) is 11.6 Å². The molecule has 2 N–H and O–H groups in total. The van der Waals surface area contributed by atoms with Crippen LogP contribution < -0.4 is 5.32 Å². The first-order chi connectivity index (χ1) is 8.32. The molecule has 8 heteroatoms. The summed E-state index contributed by atoms with van der Waals surface area (Å²) in [6, 6.07) is 2.39. The van der Waals surface area contributed by atoms with Gasteiger partial charge in [-0.15, -0.1) is 0 Å². The van der Waals surface area contributed by atoms with Crippen LogP contribution >= 0.6 is 11.6 Å². The van der Waals surface area contributed by atoms with Crippen LogP contribution in [0.3, 0.4) is 0 Å². The van der Waals surface area contributed by atoms with Crippen LogP contribution in [0.5, 0.6) is 0 Å². The number of carboxylic acid groups (broad SMARTS) is 1. The lowest BCUT2D eigenvalue weighted by molar-refractivity contribution is -0.384. The Balaban J connectivity index is 2.97. The third kappa shape index (κ3) is 3.17. The molecule has 1 aromatic rings. The number of rotatable bonds is 4. The van der Waals surface area contributed by atoms with Crippen LogP contribution in [0.15, 0.2) is 18.2 Å². The van der Waals surface area contributed by atoms with Crippen LogP contribution in [-0.4, -0.2) is 27.9 Å². The highest BCUT2D eigenvalue weighted by molar-refractivity contribution is 6.32. The van der Waals surface area contributed by atoms with Crippen molar-refractivity contribution in [2.45, 2.75) is 13.0 Å². The number of amides is 1. The van der Waals surface area contributed by atoms with E-state index in [4.69, 9.17) is 16.7 Å². The molecule has 0 bridgehead atoms. The van der Waals surface area contributed by atoms with Gasteiger partial charge in [0.05, 0.1) is 4.92 Å². The minimum atomic E-state index is -1.20. The van der Waals surface area contributed by atoms with E-state index in [0.29, 0.717) is 0 Å². The minimum Gasteiger partial charge on any atom is -0.480 e. The van der Waals surface area contributed by atoms with Crippen LogP contribution in [-0.2, 0) is 4.79 Å². The van der Waals surface area contributed by atoms with Crippen LogP contribution in [0.1, 0.15) is 17.3 Å². The number of nitrogens with zero attached hydrogens (tertiary/aromatic N) is 1. The molecule has 0 aliphatic heterocycles. The van der Waals surface area contributed by atoms with Crippen molar-refractivity contribution in [2.75, 3.05) is 0 Å². The monoisotopic (exact) mass is 272 g/mol. The molecular formula is C10H9ClN2O5. The van der Waals surface area contributed by atoms with Gasteiger partial charge in [0.1, 0.15) is 11.1 Å². The zero-order chi connectivity index (χ0) is 13.9. The van der Waals surface area contributed by atoms with Crippen molar-refractivity contribution in [1.29, 1.82) is 0 Å². The van der Waals surface area contributed by atoms with E-state index in [1.807, 2.05) is 0 Å². The predicted octanol–water partition coefficient (Wildman–Crippen LogP) is 1.45. The summed E-state index contributed by atoms with van der Waals surface area (Å²) in [5.74, 6) is -1.92. The lowest BCUT2D eigenvalue weighted by Crippen LogP contribution is -2.38. The average Bonchev–Trinajstić information content (AvgIpc) is 2.28. The number of carbonyl (C=O) groups excluding carboxylic acids is 1. The maximum Gasteiger partial charge on any atom is 0.325 e. The fourth-order valence-electron chi connectivity index (χ4n) is 1.14. The maximum atomic E-state index is 11.6. The highest BCUT2D eigenvalue weighted by Gasteiger charge is 2.19. The number of nitro benzene ring substituents is 1. The maximum absolute atomic E-state index is 11.6. The molecule has 0 fully saturated rings. The Morgan fingerprint density at radius 3 is 2.61 bits per heavy atom. The van der Waals surface area contributed by atoms with Crippen LogP contribution in [0, 0.1) is 10.1 Å². The largest absolute Gasteiger partial charge is 0.480 e. The highest BCUT2D eigenvalue weighted by Crippen LogP contribution is 2.24. The third-order valence-corrected chi connectivity index (χ3v) is 2.44. The van der Waals surface area contributed by atoms with E-state index in [1.54, 1.807) is 0 Å². The van der Waals surface area contributed by atoms with E-state index in [2.05, 4.69) is 5.32 Å². The number of hydrogen-bond donors (Lipinski definition) is 2. The second-order valence-corrected chi connectivity index (χ2v) is 3.86. The molecule has 0 radical (unpaired) electrons. The van der Waals surface area contributed by atoms with Crippen molar-refractivity contribution >= 4 is 29.2 Å². The summed E-state index contributed by atoms with van der Waals surface area (Å²) in [6.45, 7) is 1.28. The Kier molecular flexibility index (Phi) is 4.22. The topological polar surface area (TPSA) is 110 Å². The fraction of sp³-hybridized carbons (Fsp3) is 0.200. The summed E-state index contributed by atoms with van der Waals surface area (Å²) in [7, 11) is 0. The Hall–Kier alpha value is -2.15. The molecule has 0 saturated carbocycles. The van der Waals surface area contributed by atoms with Crippen molar-refractivity contribution < 1.29 is 19.6 Å². The molecule has 0 saturated heterocycles. The minimum absolute atomic E-state index is 0.0285. The van der Waals surface area contributed by atoms with E-state index in [-0.39, 0.29) is 10.6 Å². The van der Waals surface area contributed by atoms with E-state index in [9.17, 15) is 19.7 Å². The van der Waals surface area contributed by atoms with Gasteiger partial charge in [-0.05, 0) is 19.1 Å². The Bertz CT molecular complexity index is 517. The van der Waals surface area contributed by atoms with Gasteiger partial charge in [0.2, 0.25) is 0 Å². The lowest BCUT2D eigenvalue weighted by atomic mass is 10.2. The number of nitro groups is 1. The normalized spacial score (nSPS) is 11.7. The molecule has 1 rings (SSSR count). The lowest BCUT2D eigenvalue weighted by Gasteiger charge is -2.09. The highest BCUT2D eigenvalue weighted by atomic mass is 35.5. The molecule has 18 heavy (non-hydrogen) atoms. The second-order valence-electron chi connectivity index (χ2n) is 3.46. The number of benzene rings is 1. The molecule has 0 aromatic heterocycles.